The molecule has 3 rings (SSSR count). The molecular formula is C22H22ClN3O2. The average Bonchev–Trinajstić information content (AvgIpc) is 2.73. The number of carbonyl (C=O) groups excluding carboxylic acids is 1. The Morgan fingerprint density at radius 1 is 1.11 bits per heavy atom. The number of nitrogens with one attached hydrogen (secondary N) is 2. The van der Waals surface area contributed by atoms with Gasteiger partial charge in [-0.05, 0) is 47.9 Å². The Morgan fingerprint density at radius 2 is 1.96 bits per heavy atom. The number of pyridine rings is 1. The van der Waals surface area contributed by atoms with Gasteiger partial charge in [0.05, 0.1) is 7.11 Å². The second-order valence-electron chi connectivity index (χ2n) is 6.23. The van der Waals surface area contributed by atoms with E-state index in [0.717, 1.165) is 22.6 Å². The van der Waals surface area contributed by atoms with Crippen molar-refractivity contribution in [3.63, 3.8) is 0 Å². The van der Waals surface area contributed by atoms with E-state index < -0.39 is 0 Å². The molecule has 3 aromatic rings. The maximum Gasteiger partial charge on any atom is 0.269 e. The number of methoxy groups -OCH3 is 1. The third kappa shape index (κ3) is 5.47. The molecule has 0 spiro atoms. The molecular weight excluding hydrogens is 374 g/mol. The summed E-state index contributed by atoms with van der Waals surface area (Å²) < 4.78 is 5.21. The van der Waals surface area contributed by atoms with Crippen LogP contribution in [0.1, 0.15) is 21.6 Å². The molecule has 2 aromatic carbocycles. The molecule has 1 aromatic heterocycles. The van der Waals surface area contributed by atoms with Crippen LogP contribution in [-0.2, 0) is 13.0 Å². The van der Waals surface area contributed by atoms with Crippen LogP contribution >= 0.6 is 11.6 Å². The summed E-state index contributed by atoms with van der Waals surface area (Å²) in [4.78, 5) is 16.6. The van der Waals surface area contributed by atoms with E-state index in [2.05, 4.69) is 15.6 Å². The maximum absolute atomic E-state index is 12.4. The molecule has 1 amide bonds. The summed E-state index contributed by atoms with van der Waals surface area (Å²) >= 11 is 6.17. The number of benzene rings is 2. The van der Waals surface area contributed by atoms with Crippen LogP contribution in [0.3, 0.4) is 0 Å². The fraction of sp³-hybridized carbons (Fsp3) is 0.182. The Kier molecular flexibility index (Phi) is 6.87. The van der Waals surface area contributed by atoms with Gasteiger partial charge in [0.2, 0.25) is 0 Å². The minimum absolute atomic E-state index is 0.204. The fourth-order valence-corrected chi connectivity index (χ4v) is 2.95. The lowest BCUT2D eigenvalue weighted by molar-refractivity contribution is 0.0949. The van der Waals surface area contributed by atoms with E-state index in [1.54, 1.807) is 19.4 Å². The molecule has 0 fully saturated rings. The quantitative estimate of drug-likeness (QED) is 0.596. The lowest BCUT2D eigenvalue weighted by atomic mass is 10.1. The predicted octanol–water partition coefficient (Wildman–Crippen LogP) is 4.33. The van der Waals surface area contributed by atoms with Gasteiger partial charge in [0.15, 0.2) is 0 Å². The first-order valence-electron chi connectivity index (χ1n) is 9.00. The third-order valence-corrected chi connectivity index (χ3v) is 4.64. The highest BCUT2D eigenvalue weighted by molar-refractivity contribution is 6.31. The van der Waals surface area contributed by atoms with Crippen LogP contribution in [0.25, 0.3) is 0 Å². The van der Waals surface area contributed by atoms with E-state index in [9.17, 15) is 4.79 Å². The van der Waals surface area contributed by atoms with Gasteiger partial charge in [0, 0.05) is 30.0 Å². The van der Waals surface area contributed by atoms with Gasteiger partial charge in [-0.3, -0.25) is 9.78 Å². The highest BCUT2D eigenvalue weighted by Gasteiger charge is 2.08. The summed E-state index contributed by atoms with van der Waals surface area (Å²) in [6.45, 7) is 1.09. The molecule has 0 aliphatic heterocycles. The molecule has 0 unspecified atom stereocenters. The number of amides is 1. The molecule has 0 saturated heterocycles. The van der Waals surface area contributed by atoms with Crippen molar-refractivity contribution in [2.45, 2.75) is 13.0 Å². The third-order valence-electron chi connectivity index (χ3n) is 4.27. The number of aromatic nitrogens is 1. The van der Waals surface area contributed by atoms with Gasteiger partial charge in [-0.2, -0.15) is 0 Å². The van der Waals surface area contributed by atoms with E-state index in [1.807, 2.05) is 54.6 Å². The highest BCUT2D eigenvalue weighted by atomic mass is 35.5. The molecule has 2 N–H and O–H groups in total. The van der Waals surface area contributed by atoms with E-state index in [-0.39, 0.29) is 5.91 Å². The second kappa shape index (κ2) is 9.76. The molecule has 5 nitrogen and oxygen atoms in total. The number of carbonyl (C=O) groups is 1. The van der Waals surface area contributed by atoms with Crippen LogP contribution in [0, 0.1) is 0 Å². The number of ether oxygens (including phenoxy) is 1. The summed E-state index contributed by atoms with van der Waals surface area (Å²) in [7, 11) is 1.64. The van der Waals surface area contributed by atoms with E-state index in [1.165, 1.54) is 0 Å². The zero-order valence-electron chi connectivity index (χ0n) is 15.6. The number of anilines is 1. The van der Waals surface area contributed by atoms with Crippen molar-refractivity contribution in [3.05, 3.63) is 88.7 Å². The lowest BCUT2D eigenvalue weighted by Crippen LogP contribution is -2.26. The van der Waals surface area contributed by atoms with Crippen molar-refractivity contribution in [3.8, 4) is 5.75 Å². The van der Waals surface area contributed by atoms with Crippen LogP contribution in [0.4, 0.5) is 5.69 Å². The van der Waals surface area contributed by atoms with Crippen LogP contribution < -0.4 is 15.4 Å². The molecule has 1 heterocycles. The van der Waals surface area contributed by atoms with Crippen LogP contribution in [-0.4, -0.2) is 24.5 Å². The van der Waals surface area contributed by atoms with Crippen LogP contribution in [0.15, 0.2) is 66.9 Å². The van der Waals surface area contributed by atoms with Gasteiger partial charge in [0.25, 0.3) is 5.91 Å². The standard InChI is InChI=1S/C22H22ClN3O2/c1-28-19-7-4-5-16(13-19)9-11-25-22(27)21-14-18(10-12-24-21)26-15-17-6-2-3-8-20(17)23/h2-8,10,12-14H,9,11,15H2,1H3,(H,24,26)(H,25,27). The van der Waals surface area contributed by atoms with Crippen molar-refractivity contribution < 1.29 is 9.53 Å². The zero-order chi connectivity index (χ0) is 19.8. The van der Waals surface area contributed by atoms with Crippen LogP contribution in [0.2, 0.25) is 5.02 Å². The first-order chi connectivity index (χ1) is 13.7. The monoisotopic (exact) mass is 395 g/mol. The minimum atomic E-state index is -0.204. The number of nitrogens with zero attached hydrogens (tertiary/aromatic N) is 1. The molecule has 6 heteroatoms. The minimum Gasteiger partial charge on any atom is -0.497 e. The number of halogens is 1. The van der Waals surface area contributed by atoms with Gasteiger partial charge in [-0.15, -0.1) is 0 Å². The first kappa shape index (κ1) is 19.7. The van der Waals surface area contributed by atoms with E-state index in [4.69, 9.17) is 16.3 Å². The Labute approximate surface area is 169 Å². The van der Waals surface area contributed by atoms with Crippen molar-refractivity contribution in [2.24, 2.45) is 0 Å². The summed E-state index contributed by atoms with van der Waals surface area (Å²) in [5, 5.41) is 6.89. The van der Waals surface area contributed by atoms with Crippen molar-refractivity contribution in [1.82, 2.24) is 10.3 Å². The molecule has 0 saturated carbocycles. The van der Waals surface area contributed by atoms with E-state index in [0.29, 0.717) is 30.2 Å². The zero-order valence-corrected chi connectivity index (χ0v) is 16.4. The molecule has 144 valence electrons. The number of hydrogen-bond acceptors (Lipinski definition) is 4. The molecule has 0 atom stereocenters. The Morgan fingerprint density at radius 3 is 2.79 bits per heavy atom. The number of rotatable bonds is 8. The van der Waals surface area contributed by atoms with Gasteiger partial charge in [-0.25, -0.2) is 0 Å². The fourth-order valence-electron chi connectivity index (χ4n) is 2.74. The van der Waals surface area contributed by atoms with Crippen molar-refractivity contribution >= 4 is 23.2 Å². The SMILES string of the molecule is COc1cccc(CCNC(=O)c2cc(NCc3ccccc3Cl)ccn2)c1. The Balaban J connectivity index is 1.54. The van der Waals surface area contributed by atoms with Crippen molar-refractivity contribution in [2.75, 3.05) is 19.0 Å². The molecule has 28 heavy (non-hydrogen) atoms. The number of hydrogen-bond donors (Lipinski definition) is 2. The Hall–Kier alpha value is -3.05. The Bertz CT molecular complexity index is 946. The van der Waals surface area contributed by atoms with Gasteiger partial charge < -0.3 is 15.4 Å². The topological polar surface area (TPSA) is 63.2 Å². The average molecular weight is 396 g/mol. The summed E-state index contributed by atoms with van der Waals surface area (Å²) in [6.07, 6.45) is 2.33. The first-order valence-corrected chi connectivity index (χ1v) is 9.38. The molecule has 0 radical (unpaired) electrons. The summed E-state index contributed by atoms with van der Waals surface area (Å²) in [5.74, 6) is 0.604. The largest absolute Gasteiger partial charge is 0.497 e. The smallest absolute Gasteiger partial charge is 0.269 e. The normalized spacial score (nSPS) is 10.4. The van der Waals surface area contributed by atoms with Crippen LogP contribution in [0.5, 0.6) is 5.75 Å². The molecule has 0 bridgehead atoms. The lowest BCUT2D eigenvalue weighted by Gasteiger charge is -2.10. The van der Waals surface area contributed by atoms with Gasteiger partial charge in [-0.1, -0.05) is 41.9 Å². The molecule has 0 aliphatic rings. The molecule has 0 aliphatic carbocycles. The van der Waals surface area contributed by atoms with E-state index >= 15 is 0 Å². The maximum atomic E-state index is 12.4. The summed E-state index contributed by atoms with van der Waals surface area (Å²) in [6, 6.07) is 19.0. The van der Waals surface area contributed by atoms with Crippen molar-refractivity contribution in [1.29, 1.82) is 0 Å². The summed E-state index contributed by atoms with van der Waals surface area (Å²) in [5.41, 5.74) is 3.27. The second-order valence-corrected chi connectivity index (χ2v) is 6.64. The van der Waals surface area contributed by atoms with Gasteiger partial charge >= 0.3 is 0 Å². The highest BCUT2D eigenvalue weighted by Crippen LogP contribution is 2.17. The predicted molar refractivity (Wildman–Crippen MR) is 112 cm³/mol. The van der Waals surface area contributed by atoms with Gasteiger partial charge in [0.1, 0.15) is 11.4 Å².